The molecule has 4 heterocycles. The van der Waals surface area contributed by atoms with Gasteiger partial charge in [0, 0.05) is 26.3 Å². The van der Waals surface area contributed by atoms with Gasteiger partial charge in [0.25, 0.3) is 0 Å². The maximum absolute atomic E-state index is 5.67. The summed E-state index contributed by atoms with van der Waals surface area (Å²) in [6.07, 6.45) is 33.0. The van der Waals surface area contributed by atoms with Gasteiger partial charge in [-0.25, -0.2) is 0 Å². The zero-order valence-electron chi connectivity index (χ0n) is 64.2. The molecule has 8 aliphatic rings. The molecule has 8 aromatic carbocycles. The Balaban J connectivity index is 0.000000180. The van der Waals surface area contributed by atoms with Gasteiger partial charge in [0.15, 0.2) is 0 Å². The van der Waals surface area contributed by atoms with Crippen LogP contribution in [0.25, 0.3) is 0 Å². The van der Waals surface area contributed by atoms with Crippen molar-refractivity contribution in [2.75, 3.05) is 99.2 Å². The molecule has 4 aliphatic heterocycles. The molecule has 4 aliphatic carbocycles. The second-order valence-electron chi connectivity index (χ2n) is 29.0. The molecule has 604 valence electrons. The van der Waals surface area contributed by atoms with Crippen molar-refractivity contribution in [3.05, 3.63) is 254 Å². The number of nitrogens with zero attached hydrogens (tertiary/aromatic N) is 3. The van der Waals surface area contributed by atoms with Crippen LogP contribution in [0, 0.1) is 0 Å². The molecular formula is C93H133Cl4N3O4P4Ru2+4. The van der Waals surface area contributed by atoms with Crippen molar-refractivity contribution in [2.24, 2.45) is 0 Å². The van der Waals surface area contributed by atoms with Crippen molar-refractivity contribution in [1.82, 2.24) is 14.2 Å². The number of ether oxygens (including phenoxy) is 4. The largest absolute Gasteiger partial charge is 0.102 e. The van der Waals surface area contributed by atoms with Crippen molar-refractivity contribution in [2.45, 2.75) is 179 Å². The quantitative estimate of drug-likeness (QED) is 0.0794. The maximum atomic E-state index is 5.67. The zero-order valence-corrected chi connectivity index (χ0v) is 74.7. The van der Waals surface area contributed by atoms with Gasteiger partial charge in [-0.1, -0.05) is 150 Å². The zero-order chi connectivity index (χ0) is 75.1. The fraction of sp³-hybridized carbons (Fsp3) is 0.462. The average molecular weight is 1820 g/mol. The summed E-state index contributed by atoms with van der Waals surface area (Å²) >= 11 is -3.23. The topological polar surface area (TPSA) is 46.6 Å². The molecule has 0 aromatic heterocycles. The van der Waals surface area contributed by atoms with E-state index in [4.69, 9.17) is 57.7 Å². The van der Waals surface area contributed by atoms with E-state index in [9.17, 15) is 0 Å². The molecule has 7 nitrogen and oxygen atoms in total. The van der Waals surface area contributed by atoms with Gasteiger partial charge in [-0.2, -0.15) is 9.34 Å². The summed E-state index contributed by atoms with van der Waals surface area (Å²) in [5.41, 5.74) is 6.62. The predicted octanol–water partition coefficient (Wildman–Crippen LogP) is 22.1. The van der Waals surface area contributed by atoms with Crippen molar-refractivity contribution < 1.29 is 46.0 Å². The van der Waals surface area contributed by atoms with E-state index < -0.39 is 42.9 Å². The van der Waals surface area contributed by atoms with Crippen LogP contribution in [0.15, 0.2) is 243 Å². The number of rotatable bonds is 14. The van der Waals surface area contributed by atoms with Crippen LogP contribution in [0.2, 0.25) is 0 Å². The molecule has 0 atom stereocenters. The summed E-state index contributed by atoms with van der Waals surface area (Å²) in [5.74, 6) is 0. The second-order valence-corrected chi connectivity index (χ2v) is 51.6. The second kappa shape index (κ2) is 58.2. The van der Waals surface area contributed by atoms with Crippen molar-refractivity contribution >= 4 is 112 Å². The average Bonchev–Trinajstić information content (AvgIpc) is 0.874. The van der Waals surface area contributed by atoms with Gasteiger partial charge in [-0.05, 0) is 195 Å². The Kier molecular flexibility index (Phi) is 50.0. The van der Waals surface area contributed by atoms with Gasteiger partial charge >= 0.3 is 147 Å². The summed E-state index contributed by atoms with van der Waals surface area (Å²) in [4.78, 5) is 2.27. The van der Waals surface area contributed by atoms with Gasteiger partial charge in [0.2, 0.25) is 0 Å². The van der Waals surface area contributed by atoms with Gasteiger partial charge < -0.3 is 23.8 Å². The molecule has 0 bridgehead atoms. The van der Waals surface area contributed by atoms with Crippen LogP contribution >= 0.6 is 70.8 Å². The fourth-order valence-corrected chi connectivity index (χ4v) is 33.6. The summed E-state index contributed by atoms with van der Waals surface area (Å²) in [6, 6.07) is 84.8. The van der Waals surface area contributed by atoms with Crippen LogP contribution in [-0.4, -0.2) is 145 Å². The van der Waals surface area contributed by atoms with Crippen LogP contribution in [0.1, 0.15) is 167 Å². The van der Waals surface area contributed by atoms with Crippen molar-refractivity contribution in [3.63, 3.8) is 0 Å². The molecule has 4 saturated heterocycles. The molecule has 16 rings (SSSR count). The SMILES string of the molecule is C.C.C1CCC([PH+](C2CCCCC2)N2CCOCC2)CC1.C1CCC([PH+](C2CCCCC2)N2CCOCC2)CC1.C1CCOC1.CN1CCOCC1.[Cl][Ru]([Cl])=[CH]c1ccccc1.[Cl][Ru]([Cl])=[CH]c1ccccc1.c1ccc([PH+](c2ccccc2)c2ccccc2)cc1.c1ccc([PH+](c2ccccc2)c2ccccc2)cc1. The third-order valence-corrected chi connectivity index (χ3v) is 38.5. The number of morpholine rings is 3. The van der Waals surface area contributed by atoms with Crippen LogP contribution in [0.5, 0.6) is 0 Å². The van der Waals surface area contributed by atoms with E-state index >= 15 is 0 Å². The van der Waals surface area contributed by atoms with Gasteiger partial charge in [-0.15, -0.1) is 0 Å². The molecular weight excluding hydrogens is 1690 g/mol. The Morgan fingerprint density at radius 3 is 0.655 bits per heavy atom. The van der Waals surface area contributed by atoms with E-state index in [0.717, 1.165) is 99.7 Å². The molecule has 0 N–H and O–H groups in total. The molecule has 8 aromatic rings. The van der Waals surface area contributed by atoms with Crippen LogP contribution in [0.3, 0.4) is 0 Å². The van der Waals surface area contributed by atoms with E-state index in [0.29, 0.717) is 0 Å². The Bertz CT molecular complexity index is 3080. The minimum absolute atomic E-state index is 0. The molecule has 0 amide bonds. The van der Waals surface area contributed by atoms with Crippen LogP contribution in [0.4, 0.5) is 0 Å². The van der Waals surface area contributed by atoms with Crippen LogP contribution < -0.4 is 31.8 Å². The Hall–Kier alpha value is -2.65. The Morgan fingerprint density at radius 1 is 0.273 bits per heavy atom. The van der Waals surface area contributed by atoms with E-state index in [1.54, 1.807) is 51.4 Å². The van der Waals surface area contributed by atoms with Gasteiger partial charge in [-0.3, -0.25) is 0 Å². The standard InChI is InChI=1S/2C18H15P.2C16H30NOP.2C7H6.C5H11NO.C4H8O.2CH4.4ClH.2Ru/c2*1-4-10-16(11-5-1)19(17-12-6-2-7-13-17)18-14-8-3-9-15-18;2*1-3-7-15(8-4-1)19(16-9-5-2-6-10-16)17-11-13-18-14-12-17;2*1-7-5-3-2-4-6-7;1-6-2-4-7-5-3-6;1-2-4-5-3-1;;;;;;;;/h2*1-15H;2*15-16H,1-14H2;2*1-6H;2-5H2,1H3;1-4H2;2*1H4;4*1H;;/q;;;;;;;;;;;;;;2*+2. The number of benzene rings is 8. The summed E-state index contributed by atoms with van der Waals surface area (Å²) in [7, 11) is 22.4. The molecule has 4 saturated carbocycles. The van der Waals surface area contributed by atoms with E-state index in [-0.39, 0.29) is 31.0 Å². The first-order chi connectivity index (χ1) is 53.3. The number of likely N-dealkylation sites (N-methyl/N-ethyl adjacent to an activating group) is 1. The van der Waals surface area contributed by atoms with Crippen LogP contribution in [-0.2, 0) is 46.0 Å². The summed E-state index contributed by atoms with van der Waals surface area (Å²) < 4.78 is 30.9. The predicted molar refractivity (Wildman–Crippen MR) is 490 cm³/mol. The third kappa shape index (κ3) is 36.1. The Labute approximate surface area is 697 Å². The molecule has 0 radical (unpaired) electrons. The first kappa shape index (κ1) is 94.5. The third-order valence-electron chi connectivity index (χ3n) is 21.3. The van der Waals surface area contributed by atoms with E-state index in [1.807, 2.05) is 69.9 Å². The monoisotopic (exact) mass is 1820 g/mol. The molecule has 110 heavy (non-hydrogen) atoms. The van der Waals surface area contributed by atoms with E-state index in [2.05, 4.69) is 203 Å². The number of halogens is 4. The molecule has 17 heteroatoms. The molecule has 0 unspecified atom stereocenters. The minimum atomic E-state index is -1.61. The number of hydrogen-bond donors (Lipinski definition) is 0. The van der Waals surface area contributed by atoms with Gasteiger partial charge in [0.1, 0.15) is 31.8 Å². The summed E-state index contributed by atoms with van der Waals surface area (Å²) in [5, 5.41) is 8.61. The maximum Gasteiger partial charge on any atom is 0.102 e. The normalized spacial score (nSPS) is 18.3. The first-order valence-corrected chi connectivity index (χ1v) is 57.5. The Morgan fingerprint density at radius 2 is 0.473 bits per heavy atom. The first-order valence-electron chi connectivity index (χ1n) is 40.3. The van der Waals surface area contributed by atoms with Gasteiger partial charge in [0.05, 0.1) is 120 Å². The fourth-order valence-electron chi connectivity index (χ4n) is 16.0. The smallest absolute Gasteiger partial charge is 0.0620 e. The summed E-state index contributed by atoms with van der Waals surface area (Å²) in [6.45, 7) is 14.9. The molecule has 8 fully saturated rings. The van der Waals surface area contributed by atoms with Crippen molar-refractivity contribution in [3.8, 4) is 0 Å². The molecule has 0 spiro atoms. The van der Waals surface area contributed by atoms with E-state index in [1.165, 1.54) is 148 Å². The van der Waals surface area contributed by atoms with Crippen molar-refractivity contribution in [1.29, 1.82) is 0 Å². The minimum Gasteiger partial charge on any atom is -0.0620 e. The number of hydrogen-bond acceptors (Lipinski definition) is 7.